The minimum absolute atomic E-state index is 0.157. The molecule has 1 fully saturated rings. The number of carbonyl (C=O) groups is 1. The molecule has 1 aliphatic rings. The van der Waals surface area contributed by atoms with Crippen LogP contribution in [0.3, 0.4) is 0 Å². The summed E-state index contributed by atoms with van der Waals surface area (Å²) in [5.74, 6) is 1.26. The van der Waals surface area contributed by atoms with E-state index < -0.39 is 0 Å². The van der Waals surface area contributed by atoms with Gasteiger partial charge in [-0.05, 0) is 49.5 Å². The second-order valence-electron chi connectivity index (χ2n) is 6.40. The molecule has 27 heavy (non-hydrogen) atoms. The molecule has 7 heteroatoms. The lowest BCUT2D eigenvalue weighted by atomic mass is 10.1. The molecule has 3 rings (SSSR count). The van der Waals surface area contributed by atoms with Crippen molar-refractivity contribution in [3.8, 4) is 17.2 Å². The van der Waals surface area contributed by atoms with Crippen LogP contribution in [0.4, 0.5) is 0 Å². The molecule has 6 nitrogen and oxygen atoms in total. The van der Waals surface area contributed by atoms with Crippen LogP contribution < -0.4 is 19.5 Å². The fraction of sp³-hybridized carbons (Fsp3) is 0.450. The van der Waals surface area contributed by atoms with Crippen molar-refractivity contribution in [1.29, 1.82) is 0 Å². The van der Waals surface area contributed by atoms with E-state index in [-0.39, 0.29) is 11.9 Å². The molecule has 1 amide bonds. The number of hydrogen-bond acceptors (Lipinski definition) is 6. The first-order chi connectivity index (χ1) is 13.2. The summed E-state index contributed by atoms with van der Waals surface area (Å²) in [7, 11) is 4.63. The highest BCUT2D eigenvalue weighted by atomic mass is 32.1. The Hall–Kier alpha value is -2.25. The maximum atomic E-state index is 12.8. The average molecular weight is 391 g/mol. The predicted octanol–water partition coefficient (Wildman–Crippen LogP) is 3.34. The second-order valence-corrected chi connectivity index (χ2v) is 7.38. The maximum absolute atomic E-state index is 12.8. The lowest BCUT2D eigenvalue weighted by molar-refractivity contribution is 0.0937. The van der Waals surface area contributed by atoms with Gasteiger partial charge in [-0.3, -0.25) is 9.69 Å². The van der Waals surface area contributed by atoms with E-state index in [1.165, 1.54) is 17.7 Å². The van der Waals surface area contributed by atoms with E-state index >= 15 is 0 Å². The Kier molecular flexibility index (Phi) is 6.58. The minimum Gasteiger partial charge on any atom is -0.493 e. The van der Waals surface area contributed by atoms with Gasteiger partial charge in [0.1, 0.15) is 0 Å². The van der Waals surface area contributed by atoms with Crippen molar-refractivity contribution in [3.05, 3.63) is 40.1 Å². The van der Waals surface area contributed by atoms with Gasteiger partial charge in [0.15, 0.2) is 11.5 Å². The van der Waals surface area contributed by atoms with Crippen molar-refractivity contribution in [2.75, 3.05) is 41.0 Å². The Morgan fingerprint density at radius 2 is 1.81 bits per heavy atom. The largest absolute Gasteiger partial charge is 0.493 e. The number of thiophene rings is 1. The summed E-state index contributed by atoms with van der Waals surface area (Å²) in [5.41, 5.74) is 0.482. The molecule has 0 radical (unpaired) electrons. The summed E-state index contributed by atoms with van der Waals surface area (Å²) in [6.07, 6.45) is 2.42. The van der Waals surface area contributed by atoms with Crippen molar-refractivity contribution in [2.45, 2.75) is 18.9 Å². The zero-order valence-corrected chi connectivity index (χ0v) is 16.8. The number of benzene rings is 1. The lowest BCUT2D eigenvalue weighted by Crippen LogP contribution is -2.36. The van der Waals surface area contributed by atoms with E-state index in [4.69, 9.17) is 14.2 Å². The maximum Gasteiger partial charge on any atom is 0.251 e. The van der Waals surface area contributed by atoms with Crippen LogP contribution >= 0.6 is 11.3 Å². The highest BCUT2D eigenvalue weighted by Gasteiger charge is 2.25. The van der Waals surface area contributed by atoms with Gasteiger partial charge in [0.2, 0.25) is 5.75 Å². The number of methoxy groups -OCH3 is 3. The van der Waals surface area contributed by atoms with E-state index in [9.17, 15) is 4.79 Å². The van der Waals surface area contributed by atoms with Crippen LogP contribution in [0.2, 0.25) is 0 Å². The number of ether oxygens (including phenoxy) is 3. The Bertz CT molecular complexity index is 732. The lowest BCUT2D eigenvalue weighted by Gasteiger charge is -2.27. The van der Waals surface area contributed by atoms with Gasteiger partial charge in [0.05, 0.1) is 27.4 Å². The highest BCUT2D eigenvalue weighted by molar-refractivity contribution is 7.10. The number of amides is 1. The average Bonchev–Trinajstić information content (AvgIpc) is 3.41. The monoisotopic (exact) mass is 390 g/mol. The van der Waals surface area contributed by atoms with Crippen molar-refractivity contribution < 1.29 is 19.0 Å². The molecule has 0 bridgehead atoms. The van der Waals surface area contributed by atoms with Crippen LogP contribution in [0.1, 0.15) is 34.1 Å². The molecule has 1 N–H and O–H groups in total. The Balaban J connectivity index is 1.76. The predicted molar refractivity (Wildman–Crippen MR) is 106 cm³/mol. The van der Waals surface area contributed by atoms with Crippen LogP contribution in [0.25, 0.3) is 0 Å². The fourth-order valence-corrected chi connectivity index (χ4v) is 4.31. The van der Waals surface area contributed by atoms with Crippen LogP contribution in [-0.2, 0) is 0 Å². The summed E-state index contributed by atoms with van der Waals surface area (Å²) in [6, 6.07) is 7.75. The van der Waals surface area contributed by atoms with E-state index in [2.05, 4.69) is 27.7 Å². The Morgan fingerprint density at radius 3 is 2.33 bits per heavy atom. The van der Waals surface area contributed by atoms with Gasteiger partial charge in [-0.25, -0.2) is 0 Å². The standard InChI is InChI=1S/C20H26N2O4S/c1-24-16-11-14(12-17(25-2)19(16)26-3)20(23)21-13-15(18-7-6-10-27-18)22-8-4-5-9-22/h6-7,10-12,15H,4-5,8-9,13H2,1-3H3,(H,21,23). The number of hydrogen-bond donors (Lipinski definition) is 1. The molecule has 0 aliphatic carbocycles. The van der Waals surface area contributed by atoms with Crippen molar-refractivity contribution in [2.24, 2.45) is 0 Å². The quantitative estimate of drug-likeness (QED) is 0.749. The van der Waals surface area contributed by atoms with E-state index in [1.807, 2.05) is 0 Å². The molecule has 1 aromatic heterocycles. The third-order valence-corrected chi connectivity index (χ3v) is 5.81. The van der Waals surface area contributed by atoms with Crippen molar-refractivity contribution >= 4 is 17.2 Å². The number of nitrogens with one attached hydrogen (secondary N) is 1. The topological polar surface area (TPSA) is 60.0 Å². The van der Waals surface area contributed by atoms with Gasteiger partial charge in [0, 0.05) is 17.0 Å². The molecule has 2 aromatic rings. The van der Waals surface area contributed by atoms with Crippen molar-refractivity contribution in [3.63, 3.8) is 0 Å². The second kappa shape index (κ2) is 9.10. The summed E-state index contributed by atoms with van der Waals surface area (Å²) in [6.45, 7) is 2.71. The van der Waals surface area contributed by atoms with E-state index in [1.54, 1.807) is 44.8 Å². The van der Waals surface area contributed by atoms with Crippen LogP contribution in [0.5, 0.6) is 17.2 Å². The van der Waals surface area contributed by atoms with Gasteiger partial charge in [-0.2, -0.15) is 0 Å². The third-order valence-electron chi connectivity index (χ3n) is 4.84. The Morgan fingerprint density at radius 1 is 1.15 bits per heavy atom. The van der Waals surface area contributed by atoms with E-state index in [0.29, 0.717) is 29.4 Å². The van der Waals surface area contributed by atoms with Gasteiger partial charge in [-0.1, -0.05) is 6.07 Å². The SMILES string of the molecule is COc1cc(C(=O)NCC(c2cccs2)N2CCCC2)cc(OC)c1OC. The normalized spacial score (nSPS) is 15.4. The molecular formula is C20H26N2O4S. The van der Waals surface area contributed by atoms with E-state index in [0.717, 1.165) is 13.1 Å². The molecule has 0 saturated carbocycles. The molecular weight excluding hydrogens is 364 g/mol. The first-order valence-electron chi connectivity index (χ1n) is 9.03. The van der Waals surface area contributed by atoms with Crippen LogP contribution in [0, 0.1) is 0 Å². The Labute approximate surface area is 164 Å². The van der Waals surface area contributed by atoms with Crippen LogP contribution in [-0.4, -0.2) is 51.8 Å². The van der Waals surface area contributed by atoms with Crippen LogP contribution in [0.15, 0.2) is 29.6 Å². The summed E-state index contributed by atoms with van der Waals surface area (Å²) in [5, 5.41) is 5.16. The van der Waals surface area contributed by atoms with Crippen molar-refractivity contribution in [1.82, 2.24) is 10.2 Å². The summed E-state index contributed by atoms with van der Waals surface area (Å²) >= 11 is 1.73. The first-order valence-corrected chi connectivity index (χ1v) is 9.91. The highest BCUT2D eigenvalue weighted by Crippen LogP contribution is 2.38. The first kappa shape index (κ1) is 19.5. The van der Waals surface area contributed by atoms with Gasteiger partial charge < -0.3 is 19.5 Å². The molecule has 2 heterocycles. The number of rotatable bonds is 8. The zero-order valence-electron chi connectivity index (χ0n) is 16.0. The molecule has 1 aliphatic heterocycles. The van der Waals surface area contributed by atoms with Gasteiger partial charge in [-0.15, -0.1) is 11.3 Å². The third kappa shape index (κ3) is 4.36. The van der Waals surface area contributed by atoms with Gasteiger partial charge >= 0.3 is 0 Å². The molecule has 0 spiro atoms. The summed E-state index contributed by atoms with van der Waals surface area (Å²) in [4.78, 5) is 16.5. The number of likely N-dealkylation sites (tertiary alicyclic amines) is 1. The molecule has 1 unspecified atom stereocenters. The molecule has 1 saturated heterocycles. The molecule has 1 aromatic carbocycles. The smallest absolute Gasteiger partial charge is 0.251 e. The zero-order chi connectivity index (χ0) is 19.2. The van der Waals surface area contributed by atoms with Gasteiger partial charge in [0.25, 0.3) is 5.91 Å². The fourth-order valence-electron chi connectivity index (χ4n) is 3.45. The molecule has 146 valence electrons. The molecule has 1 atom stereocenters. The number of nitrogens with zero attached hydrogens (tertiary/aromatic N) is 1. The number of carbonyl (C=O) groups excluding carboxylic acids is 1. The summed E-state index contributed by atoms with van der Waals surface area (Å²) < 4.78 is 16.0. The minimum atomic E-state index is -0.157.